The van der Waals surface area contributed by atoms with Crippen LogP contribution >= 0.6 is 23.4 Å². The van der Waals surface area contributed by atoms with Gasteiger partial charge in [-0.2, -0.15) is 0 Å². The van der Waals surface area contributed by atoms with Gasteiger partial charge in [0.2, 0.25) is 0 Å². The number of carbonyl (C=O) groups excluding carboxylic acids is 2. The average Bonchev–Trinajstić information content (AvgIpc) is 2.58. The number of hydrogen-bond donors (Lipinski definition) is 1. The highest BCUT2D eigenvalue weighted by molar-refractivity contribution is 8.00. The van der Waals surface area contributed by atoms with Crippen molar-refractivity contribution in [3.05, 3.63) is 58.6 Å². The molecule has 0 saturated carbocycles. The maximum absolute atomic E-state index is 12.2. The Morgan fingerprint density at radius 1 is 1.16 bits per heavy atom. The van der Waals surface area contributed by atoms with Gasteiger partial charge in [0.15, 0.2) is 6.10 Å². The molecule has 4 nitrogen and oxygen atoms in total. The Labute approximate surface area is 156 Å². The van der Waals surface area contributed by atoms with Crippen LogP contribution in [0, 0.1) is 13.8 Å². The van der Waals surface area contributed by atoms with E-state index in [1.807, 2.05) is 38.1 Å². The highest BCUT2D eigenvalue weighted by Crippen LogP contribution is 2.24. The van der Waals surface area contributed by atoms with E-state index >= 15 is 0 Å². The van der Waals surface area contributed by atoms with Crippen molar-refractivity contribution < 1.29 is 14.3 Å². The molecule has 1 N–H and O–H groups in total. The molecule has 0 aliphatic heterocycles. The molecule has 132 valence electrons. The molecule has 0 saturated heterocycles. The van der Waals surface area contributed by atoms with E-state index in [4.69, 9.17) is 16.3 Å². The Balaban J connectivity index is 1.87. The standard InChI is InChI=1S/C19H20ClNO3S/c1-12-7-4-5-10-17(12)25-11-18(22)24-14(3)19(23)21-16-9-6-8-15(20)13(16)2/h4-10,14H,11H2,1-3H3,(H,21,23)/t14-/m1/s1. The van der Waals surface area contributed by atoms with E-state index in [2.05, 4.69) is 5.32 Å². The van der Waals surface area contributed by atoms with Crippen molar-refractivity contribution >= 4 is 40.9 Å². The van der Waals surface area contributed by atoms with Crippen LogP contribution in [0.3, 0.4) is 0 Å². The molecule has 1 amide bonds. The fourth-order valence-corrected chi connectivity index (χ4v) is 3.10. The van der Waals surface area contributed by atoms with Crippen LogP contribution in [0.2, 0.25) is 5.02 Å². The van der Waals surface area contributed by atoms with Crippen molar-refractivity contribution in [1.29, 1.82) is 0 Å². The molecule has 2 rings (SSSR count). The van der Waals surface area contributed by atoms with Gasteiger partial charge in [-0.3, -0.25) is 9.59 Å². The molecule has 0 aliphatic carbocycles. The normalized spacial score (nSPS) is 11.7. The van der Waals surface area contributed by atoms with Crippen molar-refractivity contribution in [1.82, 2.24) is 0 Å². The molecule has 2 aromatic carbocycles. The number of esters is 1. The molecule has 25 heavy (non-hydrogen) atoms. The number of thioether (sulfide) groups is 1. The van der Waals surface area contributed by atoms with Crippen molar-refractivity contribution in [2.24, 2.45) is 0 Å². The van der Waals surface area contributed by atoms with E-state index in [-0.39, 0.29) is 11.7 Å². The van der Waals surface area contributed by atoms with Gasteiger partial charge in [-0.15, -0.1) is 11.8 Å². The molecule has 0 unspecified atom stereocenters. The number of benzene rings is 2. The Kier molecular flexibility index (Phi) is 6.91. The lowest BCUT2D eigenvalue weighted by molar-refractivity contribution is -0.150. The van der Waals surface area contributed by atoms with E-state index in [0.29, 0.717) is 10.7 Å². The number of hydrogen-bond acceptors (Lipinski definition) is 4. The summed E-state index contributed by atoms with van der Waals surface area (Å²) in [7, 11) is 0. The summed E-state index contributed by atoms with van der Waals surface area (Å²) in [6, 6.07) is 13.1. The maximum Gasteiger partial charge on any atom is 0.317 e. The fourth-order valence-electron chi connectivity index (χ4n) is 2.12. The first-order valence-corrected chi connectivity index (χ1v) is 9.18. The minimum absolute atomic E-state index is 0.151. The lowest BCUT2D eigenvalue weighted by Crippen LogP contribution is -2.30. The average molecular weight is 378 g/mol. The van der Waals surface area contributed by atoms with Gasteiger partial charge in [-0.1, -0.05) is 35.9 Å². The lowest BCUT2D eigenvalue weighted by Gasteiger charge is -2.15. The zero-order valence-electron chi connectivity index (χ0n) is 14.3. The molecule has 0 aromatic heterocycles. The number of ether oxygens (including phenoxy) is 1. The van der Waals surface area contributed by atoms with Crippen molar-refractivity contribution in [3.8, 4) is 0 Å². The van der Waals surface area contributed by atoms with Crippen LogP contribution in [0.4, 0.5) is 5.69 Å². The second kappa shape index (κ2) is 8.92. The zero-order chi connectivity index (χ0) is 18.4. The smallest absolute Gasteiger partial charge is 0.317 e. The van der Waals surface area contributed by atoms with Gasteiger partial charge < -0.3 is 10.1 Å². The highest BCUT2D eigenvalue weighted by atomic mass is 35.5. The van der Waals surface area contributed by atoms with Gasteiger partial charge in [0.05, 0.1) is 5.75 Å². The van der Waals surface area contributed by atoms with E-state index < -0.39 is 12.1 Å². The number of anilines is 1. The molecule has 0 spiro atoms. The third-order valence-electron chi connectivity index (χ3n) is 3.64. The number of halogens is 1. The summed E-state index contributed by atoms with van der Waals surface area (Å²) in [4.78, 5) is 25.2. The monoisotopic (exact) mass is 377 g/mol. The highest BCUT2D eigenvalue weighted by Gasteiger charge is 2.19. The van der Waals surface area contributed by atoms with Crippen LogP contribution in [0.25, 0.3) is 0 Å². The maximum atomic E-state index is 12.2. The molecule has 0 heterocycles. The summed E-state index contributed by atoms with van der Waals surface area (Å²) < 4.78 is 5.21. The van der Waals surface area contributed by atoms with Crippen LogP contribution in [0.1, 0.15) is 18.1 Å². The number of carbonyl (C=O) groups is 2. The molecular formula is C19H20ClNO3S. The molecule has 6 heteroatoms. The summed E-state index contributed by atoms with van der Waals surface area (Å²) in [5, 5.41) is 3.30. The summed E-state index contributed by atoms with van der Waals surface area (Å²) in [6.45, 7) is 5.34. The number of aryl methyl sites for hydroxylation is 1. The third kappa shape index (κ3) is 5.51. The second-order valence-electron chi connectivity index (χ2n) is 5.59. The van der Waals surface area contributed by atoms with Gasteiger partial charge in [0.1, 0.15) is 0 Å². The number of rotatable bonds is 6. The molecule has 0 fully saturated rings. The first-order valence-electron chi connectivity index (χ1n) is 7.82. The molecule has 0 radical (unpaired) electrons. The Morgan fingerprint density at radius 2 is 1.88 bits per heavy atom. The lowest BCUT2D eigenvalue weighted by atomic mass is 10.2. The van der Waals surface area contributed by atoms with Crippen LogP contribution in [-0.4, -0.2) is 23.7 Å². The second-order valence-corrected chi connectivity index (χ2v) is 7.01. The first kappa shape index (κ1) is 19.3. The van der Waals surface area contributed by atoms with E-state index in [1.54, 1.807) is 25.1 Å². The summed E-state index contributed by atoms with van der Waals surface area (Å²) >= 11 is 7.43. The third-order valence-corrected chi connectivity index (χ3v) is 5.20. The Bertz CT molecular complexity index is 779. The number of amides is 1. The summed E-state index contributed by atoms with van der Waals surface area (Å²) in [5.41, 5.74) is 2.48. The Morgan fingerprint density at radius 3 is 2.60 bits per heavy atom. The topological polar surface area (TPSA) is 55.4 Å². The van der Waals surface area contributed by atoms with Gasteiger partial charge in [-0.25, -0.2) is 0 Å². The van der Waals surface area contributed by atoms with Crippen LogP contribution in [-0.2, 0) is 14.3 Å². The minimum Gasteiger partial charge on any atom is -0.452 e. The zero-order valence-corrected chi connectivity index (χ0v) is 15.9. The van der Waals surface area contributed by atoms with Gasteiger partial charge in [0.25, 0.3) is 5.91 Å². The molecule has 2 aromatic rings. The van der Waals surface area contributed by atoms with E-state index in [0.717, 1.165) is 16.0 Å². The van der Waals surface area contributed by atoms with E-state index in [1.165, 1.54) is 11.8 Å². The SMILES string of the molecule is Cc1ccccc1SCC(=O)O[C@H](C)C(=O)Nc1cccc(Cl)c1C. The van der Waals surface area contributed by atoms with E-state index in [9.17, 15) is 9.59 Å². The van der Waals surface area contributed by atoms with Crippen molar-refractivity contribution in [2.75, 3.05) is 11.1 Å². The first-order chi connectivity index (χ1) is 11.9. The fraction of sp³-hybridized carbons (Fsp3) is 0.263. The molecule has 1 atom stereocenters. The minimum atomic E-state index is -0.886. The predicted molar refractivity (Wildman–Crippen MR) is 102 cm³/mol. The quantitative estimate of drug-likeness (QED) is 0.589. The largest absolute Gasteiger partial charge is 0.452 e. The van der Waals surface area contributed by atoms with Gasteiger partial charge in [-0.05, 0) is 50.1 Å². The summed E-state index contributed by atoms with van der Waals surface area (Å²) in [6.07, 6.45) is -0.886. The van der Waals surface area contributed by atoms with Crippen LogP contribution < -0.4 is 5.32 Å². The van der Waals surface area contributed by atoms with Crippen LogP contribution in [0.15, 0.2) is 47.4 Å². The number of nitrogens with one attached hydrogen (secondary N) is 1. The predicted octanol–water partition coefficient (Wildman–Crippen LogP) is 4.62. The Hall–Kier alpha value is -1.98. The van der Waals surface area contributed by atoms with Crippen molar-refractivity contribution in [3.63, 3.8) is 0 Å². The van der Waals surface area contributed by atoms with Gasteiger partial charge in [0, 0.05) is 15.6 Å². The summed E-state index contributed by atoms with van der Waals surface area (Å²) in [5.74, 6) is -0.670. The molecule has 0 aliphatic rings. The van der Waals surface area contributed by atoms with Crippen LogP contribution in [0.5, 0.6) is 0 Å². The van der Waals surface area contributed by atoms with Gasteiger partial charge >= 0.3 is 5.97 Å². The van der Waals surface area contributed by atoms with Crippen molar-refractivity contribution in [2.45, 2.75) is 31.8 Å². The molecular weight excluding hydrogens is 358 g/mol. The molecule has 0 bridgehead atoms.